The first kappa shape index (κ1) is 18.2. The number of nitrogens with zero attached hydrogens (tertiary/aromatic N) is 2. The van der Waals surface area contributed by atoms with Crippen molar-refractivity contribution in [3.05, 3.63) is 82.5 Å². The van der Waals surface area contributed by atoms with E-state index in [9.17, 15) is 9.59 Å². The molecule has 0 saturated heterocycles. The second-order valence-electron chi connectivity index (χ2n) is 9.08. The molecule has 2 heterocycles. The summed E-state index contributed by atoms with van der Waals surface area (Å²) in [5.74, 6) is 0.260. The van der Waals surface area contributed by atoms with Crippen molar-refractivity contribution in [3.8, 4) is 0 Å². The fourth-order valence-electron chi connectivity index (χ4n) is 5.51. The van der Waals surface area contributed by atoms with Crippen LogP contribution in [0.3, 0.4) is 0 Å². The van der Waals surface area contributed by atoms with Gasteiger partial charge in [-0.2, -0.15) is 5.10 Å². The number of carbonyl (C=O) groups excluding carboxylic acids is 1. The largest absolute Gasteiger partial charge is 0.348 e. The van der Waals surface area contributed by atoms with Crippen LogP contribution in [0, 0.1) is 5.41 Å². The zero-order chi connectivity index (χ0) is 21.0. The summed E-state index contributed by atoms with van der Waals surface area (Å²) < 4.78 is 0. The number of benzene rings is 2. The van der Waals surface area contributed by atoms with Crippen molar-refractivity contribution in [3.63, 3.8) is 0 Å². The highest BCUT2D eigenvalue weighted by Crippen LogP contribution is 2.62. The quantitative estimate of drug-likeness (QED) is 0.536. The standard InChI is InChI=1S/C25H22N4O2/c30-23-20-8-4-3-7-19(20)22(28-29-23)17-10-25(11-17)12-18(13-25)27-24(31)21-9-15-5-1-2-6-16(15)14-26-21/h1-9,14,17-18H,10-13H2,(H,27,31)(H,29,30)/t17-,18-,25?. The van der Waals surface area contributed by atoms with Crippen molar-refractivity contribution in [1.82, 2.24) is 20.5 Å². The van der Waals surface area contributed by atoms with Crippen LogP contribution in [0.5, 0.6) is 0 Å². The Kier molecular flexibility index (Phi) is 3.96. The summed E-state index contributed by atoms with van der Waals surface area (Å²) in [5, 5.41) is 13.9. The number of nitrogens with one attached hydrogen (secondary N) is 2. The number of amides is 1. The van der Waals surface area contributed by atoms with Gasteiger partial charge in [0, 0.05) is 28.9 Å². The van der Waals surface area contributed by atoms with E-state index in [1.807, 2.05) is 54.6 Å². The second kappa shape index (κ2) is 6.74. The minimum atomic E-state index is -0.137. The first-order chi connectivity index (χ1) is 15.1. The van der Waals surface area contributed by atoms with Gasteiger partial charge in [-0.05, 0) is 48.6 Å². The van der Waals surface area contributed by atoms with Crippen molar-refractivity contribution in [1.29, 1.82) is 0 Å². The molecular formula is C25H22N4O2. The van der Waals surface area contributed by atoms with Gasteiger partial charge in [0.1, 0.15) is 5.69 Å². The molecule has 6 nitrogen and oxygen atoms in total. The van der Waals surface area contributed by atoms with Crippen LogP contribution >= 0.6 is 0 Å². The van der Waals surface area contributed by atoms with Crippen LogP contribution in [0.15, 0.2) is 65.6 Å². The molecule has 154 valence electrons. The molecule has 0 radical (unpaired) electrons. The van der Waals surface area contributed by atoms with Crippen LogP contribution in [-0.4, -0.2) is 27.1 Å². The molecule has 2 aliphatic rings. The molecule has 0 atom stereocenters. The molecule has 31 heavy (non-hydrogen) atoms. The maximum absolute atomic E-state index is 12.7. The van der Waals surface area contributed by atoms with E-state index in [1.54, 1.807) is 6.20 Å². The van der Waals surface area contributed by atoms with Crippen molar-refractivity contribution in [2.45, 2.75) is 37.6 Å². The predicted molar refractivity (Wildman–Crippen MR) is 119 cm³/mol. The van der Waals surface area contributed by atoms with Gasteiger partial charge >= 0.3 is 0 Å². The number of H-pyrrole nitrogens is 1. The number of hydrogen-bond acceptors (Lipinski definition) is 4. The third-order valence-electron chi connectivity index (χ3n) is 7.03. The van der Waals surface area contributed by atoms with Gasteiger partial charge < -0.3 is 5.32 Å². The van der Waals surface area contributed by atoms with Gasteiger partial charge in [0.25, 0.3) is 11.5 Å². The number of rotatable bonds is 3. The summed E-state index contributed by atoms with van der Waals surface area (Å²) in [5.41, 5.74) is 1.61. The van der Waals surface area contributed by atoms with E-state index in [1.165, 1.54) is 0 Å². The van der Waals surface area contributed by atoms with Crippen molar-refractivity contribution < 1.29 is 4.79 Å². The van der Waals surface area contributed by atoms with Crippen LogP contribution in [0.1, 0.15) is 47.8 Å². The van der Waals surface area contributed by atoms with Gasteiger partial charge in [0.2, 0.25) is 0 Å². The Labute approximate surface area is 178 Å². The molecule has 4 aromatic rings. The SMILES string of the molecule is O=C(N[C@H]1CC2(C1)C[C@H](c1n[nH]c(=O)c3ccccc31)C2)c1cc2ccccc2cn1. The van der Waals surface area contributed by atoms with Crippen LogP contribution in [0.2, 0.25) is 0 Å². The lowest BCUT2D eigenvalue weighted by molar-refractivity contribution is -0.0197. The number of aromatic amines is 1. The second-order valence-corrected chi connectivity index (χ2v) is 9.08. The van der Waals surface area contributed by atoms with E-state index in [0.717, 1.165) is 47.5 Å². The average molecular weight is 410 g/mol. The highest BCUT2D eigenvalue weighted by molar-refractivity contribution is 5.96. The summed E-state index contributed by atoms with van der Waals surface area (Å²) in [6, 6.07) is 17.6. The van der Waals surface area contributed by atoms with Crippen molar-refractivity contribution >= 4 is 27.5 Å². The Hall–Kier alpha value is -3.54. The fourth-order valence-corrected chi connectivity index (χ4v) is 5.51. The molecule has 0 unspecified atom stereocenters. The first-order valence-corrected chi connectivity index (χ1v) is 10.7. The summed E-state index contributed by atoms with van der Waals surface area (Å²) in [4.78, 5) is 29.0. The van der Waals surface area contributed by atoms with Gasteiger partial charge in [-0.15, -0.1) is 0 Å². The summed E-state index contributed by atoms with van der Waals surface area (Å²) in [6.45, 7) is 0. The van der Waals surface area contributed by atoms with E-state index in [-0.39, 0.29) is 17.5 Å². The van der Waals surface area contributed by atoms with E-state index in [0.29, 0.717) is 22.4 Å². The molecule has 1 amide bonds. The Morgan fingerprint density at radius 3 is 2.48 bits per heavy atom. The lowest BCUT2D eigenvalue weighted by Crippen LogP contribution is -2.55. The lowest BCUT2D eigenvalue weighted by atomic mass is 9.49. The average Bonchev–Trinajstić information content (AvgIpc) is 2.75. The number of carbonyl (C=O) groups is 1. The molecule has 6 heteroatoms. The van der Waals surface area contributed by atoms with Crippen LogP contribution < -0.4 is 10.9 Å². The third kappa shape index (κ3) is 3.02. The minimum absolute atomic E-state index is 0.102. The normalized spacial score (nSPS) is 24.6. The van der Waals surface area contributed by atoms with E-state index >= 15 is 0 Å². The number of aromatic nitrogens is 3. The van der Waals surface area contributed by atoms with Crippen LogP contribution in [0.25, 0.3) is 21.5 Å². The molecule has 2 aliphatic carbocycles. The Morgan fingerprint density at radius 1 is 0.968 bits per heavy atom. The van der Waals surface area contributed by atoms with Gasteiger partial charge in [-0.3, -0.25) is 14.6 Å². The summed E-state index contributed by atoms with van der Waals surface area (Å²) >= 11 is 0. The number of fused-ring (bicyclic) bond motifs is 2. The zero-order valence-electron chi connectivity index (χ0n) is 17.0. The van der Waals surface area contributed by atoms with Gasteiger partial charge in [0.15, 0.2) is 0 Å². The van der Waals surface area contributed by atoms with Gasteiger partial charge in [-0.25, -0.2) is 5.10 Å². The lowest BCUT2D eigenvalue weighted by Gasteiger charge is -2.57. The first-order valence-electron chi connectivity index (χ1n) is 10.7. The van der Waals surface area contributed by atoms with E-state index in [2.05, 4.69) is 20.5 Å². The van der Waals surface area contributed by atoms with E-state index < -0.39 is 0 Å². The van der Waals surface area contributed by atoms with Gasteiger partial charge in [-0.1, -0.05) is 42.5 Å². The molecule has 2 saturated carbocycles. The zero-order valence-corrected chi connectivity index (χ0v) is 17.0. The molecule has 1 spiro atoms. The minimum Gasteiger partial charge on any atom is -0.348 e. The highest BCUT2D eigenvalue weighted by Gasteiger charge is 2.54. The molecule has 2 aromatic carbocycles. The monoisotopic (exact) mass is 410 g/mol. The molecular weight excluding hydrogens is 388 g/mol. The molecule has 0 aliphatic heterocycles. The molecule has 6 rings (SSSR count). The molecule has 2 N–H and O–H groups in total. The maximum Gasteiger partial charge on any atom is 0.272 e. The summed E-state index contributed by atoms with van der Waals surface area (Å²) in [7, 11) is 0. The third-order valence-corrected chi connectivity index (χ3v) is 7.03. The predicted octanol–water partition coefficient (Wildman–Crippen LogP) is 3.93. The summed E-state index contributed by atoms with van der Waals surface area (Å²) in [6.07, 6.45) is 5.84. The Balaban J connectivity index is 1.10. The molecule has 2 aromatic heterocycles. The number of hydrogen-bond donors (Lipinski definition) is 2. The smallest absolute Gasteiger partial charge is 0.272 e. The highest BCUT2D eigenvalue weighted by atomic mass is 16.2. The van der Waals surface area contributed by atoms with E-state index in [4.69, 9.17) is 0 Å². The van der Waals surface area contributed by atoms with Crippen LogP contribution in [0.4, 0.5) is 0 Å². The Morgan fingerprint density at radius 2 is 1.68 bits per heavy atom. The van der Waals surface area contributed by atoms with Crippen molar-refractivity contribution in [2.75, 3.05) is 0 Å². The molecule has 0 bridgehead atoms. The maximum atomic E-state index is 12.7. The van der Waals surface area contributed by atoms with Crippen LogP contribution in [-0.2, 0) is 0 Å². The van der Waals surface area contributed by atoms with Gasteiger partial charge in [0.05, 0.1) is 11.1 Å². The van der Waals surface area contributed by atoms with Crippen molar-refractivity contribution in [2.24, 2.45) is 5.41 Å². The topological polar surface area (TPSA) is 87.7 Å². The molecule has 2 fully saturated rings. The Bertz CT molecular complexity index is 1380. The number of pyridine rings is 1. The fraction of sp³-hybridized carbons (Fsp3) is 0.280.